The summed E-state index contributed by atoms with van der Waals surface area (Å²) in [5.74, 6) is 2.81. The Labute approximate surface area is 140 Å². The van der Waals surface area contributed by atoms with Gasteiger partial charge in [0.15, 0.2) is 5.69 Å². The van der Waals surface area contributed by atoms with Gasteiger partial charge in [0.2, 0.25) is 0 Å². The average Bonchev–Trinajstić information content (AvgIpc) is 2.51. The molecule has 12 heteroatoms. The summed E-state index contributed by atoms with van der Waals surface area (Å²) in [4.78, 5) is 35.5. The quantitative estimate of drug-likeness (QED) is 0.481. The van der Waals surface area contributed by atoms with Crippen LogP contribution in [-0.4, -0.2) is 22.3 Å². The smallest absolute Gasteiger partial charge is 0.433 e. The molecule has 0 fully saturated rings. The van der Waals surface area contributed by atoms with Gasteiger partial charge in [-0.25, -0.2) is 23.2 Å². The number of halogens is 5. The van der Waals surface area contributed by atoms with Crippen LogP contribution in [-0.2, 0) is 10.9 Å². The predicted octanol–water partition coefficient (Wildman–Crippen LogP) is 1.31. The van der Waals surface area contributed by atoms with Gasteiger partial charge in [-0.2, -0.15) is 13.2 Å². The number of benzene rings is 1. The van der Waals surface area contributed by atoms with Crippen LogP contribution in [0, 0.1) is 5.82 Å². The van der Waals surface area contributed by atoms with Gasteiger partial charge in [-0.3, -0.25) is 4.79 Å². The Hall–Kier alpha value is -2.82. The Balaban J connectivity index is 2.85. The van der Waals surface area contributed by atoms with Gasteiger partial charge in [0.25, 0.3) is 5.56 Å². The number of methoxy groups -OCH3 is 1. The van der Waals surface area contributed by atoms with E-state index < -0.39 is 46.2 Å². The molecule has 7 nitrogen and oxygen atoms in total. The zero-order chi connectivity index (χ0) is 19.1. The predicted molar refractivity (Wildman–Crippen MR) is 77.8 cm³/mol. The summed E-state index contributed by atoms with van der Waals surface area (Å²) in [6.07, 6.45) is -5.08. The van der Waals surface area contributed by atoms with Gasteiger partial charge < -0.3 is 10.6 Å². The van der Waals surface area contributed by atoms with Crippen molar-refractivity contribution in [2.24, 2.45) is 0 Å². The van der Waals surface area contributed by atoms with Crippen LogP contribution in [0.3, 0.4) is 0 Å². The summed E-state index contributed by atoms with van der Waals surface area (Å²) in [5, 5.41) is -0.388. The first kappa shape index (κ1) is 18.5. The zero-order valence-electron chi connectivity index (χ0n) is 12.2. The molecule has 0 aliphatic carbocycles. The number of ether oxygens (including phenoxy) is 1. The lowest BCUT2D eigenvalue weighted by Crippen LogP contribution is -2.45. The molecule has 0 radical (unpaired) electrons. The minimum atomic E-state index is -5.08. The third-order valence-corrected chi connectivity index (χ3v) is 3.42. The second-order valence-electron chi connectivity index (χ2n) is 4.63. The second kappa shape index (κ2) is 6.24. The SMILES string of the molecule is COC(=O)c1cc(-n2c(=O)cc(C(F)(F)F)n(N)c2=O)c(F)cc1Cl. The molecule has 0 unspecified atom stereocenters. The molecule has 0 saturated carbocycles. The fourth-order valence-electron chi connectivity index (χ4n) is 1.97. The summed E-state index contributed by atoms with van der Waals surface area (Å²) in [7, 11) is 0.999. The molecule has 0 atom stereocenters. The maximum atomic E-state index is 14.1. The van der Waals surface area contributed by atoms with Crippen molar-refractivity contribution in [1.29, 1.82) is 0 Å². The minimum Gasteiger partial charge on any atom is -0.465 e. The molecule has 0 aliphatic heterocycles. The minimum absolute atomic E-state index is 0.0211. The van der Waals surface area contributed by atoms with E-state index >= 15 is 0 Å². The molecular formula is C13H8ClF4N3O4. The van der Waals surface area contributed by atoms with Crippen molar-refractivity contribution >= 4 is 17.6 Å². The average molecular weight is 382 g/mol. The highest BCUT2D eigenvalue weighted by Gasteiger charge is 2.36. The highest BCUT2D eigenvalue weighted by atomic mass is 35.5. The van der Waals surface area contributed by atoms with E-state index in [0.717, 1.165) is 7.11 Å². The van der Waals surface area contributed by atoms with Crippen molar-refractivity contribution < 1.29 is 27.1 Å². The first-order chi connectivity index (χ1) is 11.5. The number of esters is 1. The Morgan fingerprint density at radius 1 is 1.24 bits per heavy atom. The number of carbonyl (C=O) groups is 1. The van der Waals surface area contributed by atoms with E-state index in [0.29, 0.717) is 12.1 Å². The largest absolute Gasteiger partial charge is 0.465 e. The van der Waals surface area contributed by atoms with Gasteiger partial charge in [-0.1, -0.05) is 11.6 Å². The van der Waals surface area contributed by atoms with Gasteiger partial charge in [-0.15, -0.1) is 0 Å². The fourth-order valence-corrected chi connectivity index (χ4v) is 2.20. The topological polar surface area (TPSA) is 96.3 Å². The van der Waals surface area contributed by atoms with Crippen molar-refractivity contribution in [1.82, 2.24) is 9.24 Å². The molecular weight excluding hydrogens is 374 g/mol. The van der Waals surface area contributed by atoms with Crippen LogP contribution < -0.4 is 17.1 Å². The molecule has 2 N–H and O–H groups in total. The lowest BCUT2D eigenvalue weighted by molar-refractivity contribution is -0.143. The molecule has 0 amide bonds. The fraction of sp³-hybridized carbons (Fsp3) is 0.154. The lowest BCUT2D eigenvalue weighted by Gasteiger charge is -2.14. The number of rotatable bonds is 2. The maximum Gasteiger partial charge on any atom is 0.433 e. The Morgan fingerprint density at radius 2 is 1.84 bits per heavy atom. The summed E-state index contributed by atoms with van der Waals surface area (Å²) >= 11 is 5.67. The van der Waals surface area contributed by atoms with E-state index in [1.54, 1.807) is 0 Å². The summed E-state index contributed by atoms with van der Waals surface area (Å²) in [5.41, 5.74) is -6.11. The lowest BCUT2D eigenvalue weighted by atomic mass is 10.2. The van der Waals surface area contributed by atoms with Gasteiger partial charge in [0.05, 0.1) is 23.4 Å². The molecule has 2 rings (SSSR count). The third-order valence-electron chi connectivity index (χ3n) is 3.11. The molecule has 2 aromatic rings. The van der Waals surface area contributed by atoms with E-state index in [4.69, 9.17) is 17.4 Å². The third kappa shape index (κ3) is 3.22. The number of nitrogens with zero attached hydrogens (tertiary/aromatic N) is 2. The van der Waals surface area contributed by atoms with Crippen LogP contribution in [0.2, 0.25) is 5.02 Å². The number of nitrogens with two attached hydrogens (primary N) is 1. The van der Waals surface area contributed by atoms with Crippen LogP contribution in [0.5, 0.6) is 0 Å². The van der Waals surface area contributed by atoms with Crippen molar-refractivity contribution in [3.05, 3.63) is 61.1 Å². The van der Waals surface area contributed by atoms with Crippen LogP contribution in [0.15, 0.2) is 27.8 Å². The van der Waals surface area contributed by atoms with E-state index in [1.165, 1.54) is 0 Å². The maximum absolute atomic E-state index is 14.1. The van der Waals surface area contributed by atoms with Crippen LogP contribution >= 0.6 is 11.6 Å². The monoisotopic (exact) mass is 381 g/mol. The number of alkyl halides is 3. The van der Waals surface area contributed by atoms with Crippen LogP contribution in [0.25, 0.3) is 5.69 Å². The first-order valence-electron chi connectivity index (χ1n) is 6.28. The normalized spacial score (nSPS) is 11.4. The van der Waals surface area contributed by atoms with Crippen molar-refractivity contribution in [3.63, 3.8) is 0 Å². The molecule has 134 valence electrons. The second-order valence-corrected chi connectivity index (χ2v) is 5.04. The molecule has 1 aromatic heterocycles. The molecule has 1 heterocycles. The van der Waals surface area contributed by atoms with Crippen molar-refractivity contribution in [3.8, 4) is 5.69 Å². The number of aromatic nitrogens is 2. The van der Waals surface area contributed by atoms with E-state index in [1.807, 2.05) is 0 Å². The van der Waals surface area contributed by atoms with Crippen LogP contribution in [0.4, 0.5) is 17.6 Å². The Morgan fingerprint density at radius 3 is 2.36 bits per heavy atom. The highest BCUT2D eigenvalue weighted by molar-refractivity contribution is 6.33. The van der Waals surface area contributed by atoms with Crippen LogP contribution in [0.1, 0.15) is 16.1 Å². The standard InChI is InChI=1S/C13H8ClF4N3O4/c1-25-11(23)5-2-8(7(15)3-6(5)14)20-10(22)4-9(13(16,17)18)21(19)12(20)24/h2-4H,19H2,1H3. The number of hydrogen-bond acceptors (Lipinski definition) is 5. The molecule has 0 spiro atoms. The van der Waals surface area contributed by atoms with Gasteiger partial charge in [-0.05, 0) is 12.1 Å². The molecule has 0 bridgehead atoms. The summed E-state index contributed by atoms with van der Waals surface area (Å²) < 4.78 is 56.4. The summed E-state index contributed by atoms with van der Waals surface area (Å²) in [6, 6.07) is 1.32. The Kier molecular flexibility index (Phi) is 4.62. The van der Waals surface area contributed by atoms with Gasteiger partial charge >= 0.3 is 17.8 Å². The van der Waals surface area contributed by atoms with Crippen molar-refractivity contribution in [2.45, 2.75) is 6.18 Å². The number of carbonyl (C=O) groups excluding carboxylic acids is 1. The van der Waals surface area contributed by atoms with E-state index in [9.17, 15) is 31.9 Å². The van der Waals surface area contributed by atoms with E-state index in [2.05, 4.69) is 4.74 Å². The van der Waals surface area contributed by atoms with Crippen molar-refractivity contribution in [2.75, 3.05) is 13.0 Å². The van der Waals surface area contributed by atoms with E-state index in [-0.39, 0.29) is 20.3 Å². The highest BCUT2D eigenvalue weighted by Crippen LogP contribution is 2.27. The molecule has 1 aromatic carbocycles. The molecule has 0 saturated heterocycles. The van der Waals surface area contributed by atoms with Gasteiger partial charge in [0, 0.05) is 6.07 Å². The number of hydrogen-bond donors (Lipinski definition) is 1. The first-order valence-corrected chi connectivity index (χ1v) is 6.66. The zero-order valence-corrected chi connectivity index (χ0v) is 13.0. The Bertz CT molecular complexity index is 981. The summed E-state index contributed by atoms with van der Waals surface area (Å²) in [6.45, 7) is 0. The number of nitrogen functional groups attached to an aromatic ring is 1. The molecule has 0 aliphatic rings. The van der Waals surface area contributed by atoms with Gasteiger partial charge in [0.1, 0.15) is 5.82 Å². The molecule has 25 heavy (non-hydrogen) atoms.